The second-order valence-corrected chi connectivity index (χ2v) is 11.6. The summed E-state index contributed by atoms with van der Waals surface area (Å²) < 4.78 is 2.72. The molecule has 0 aliphatic rings. The Kier molecular flexibility index (Phi) is 5.63. The highest BCUT2D eigenvalue weighted by Crippen LogP contribution is 2.21. The van der Waals surface area contributed by atoms with Crippen LogP contribution in [0, 0.1) is 0 Å². The van der Waals surface area contributed by atoms with Gasteiger partial charge in [-0.15, -0.1) is 15.3 Å². The molecule has 9 heavy (non-hydrogen) atoms. The standard InChI is InChI=1S/C4H16BrNSSi2/c1-7(2)6(8-5)9(3)4/h7,9H,8H2,1-4H3. The normalized spacial score (nSPS) is 14.3. The number of hydrogen-bond donors (Lipinski definition) is 1. The molecule has 0 saturated carbocycles. The fourth-order valence-electron chi connectivity index (χ4n) is 0.707. The maximum absolute atomic E-state index is 3.63. The highest BCUT2D eigenvalue weighted by atomic mass is 79.9. The minimum absolute atomic E-state index is 0.0306. The second kappa shape index (κ2) is 4.95. The van der Waals surface area contributed by atoms with Gasteiger partial charge in [0.05, 0.1) is 0 Å². The van der Waals surface area contributed by atoms with Gasteiger partial charge in [0.25, 0.3) is 0 Å². The van der Waals surface area contributed by atoms with Gasteiger partial charge in [-0.2, -0.15) is 0 Å². The van der Waals surface area contributed by atoms with Crippen molar-refractivity contribution in [3.63, 3.8) is 0 Å². The Bertz CT molecular complexity index is 73.0. The number of thiol groups is 1. The van der Waals surface area contributed by atoms with E-state index < -0.39 is 8.96 Å². The van der Waals surface area contributed by atoms with Crippen molar-refractivity contribution in [2.24, 2.45) is 0 Å². The fourth-order valence-corrected chi connectivity index (χ4v) is 15.6. The highest BCUT2D eigenvalue weighted by molar-refractivity contribution is 9.23. The van der Waals surface area contributed by atoms with Gasteiger partial charge in [-0.1, -0.05) is 13.1 Å². The first kappa shape index (κ1) is 10.2. The van der Waals surface area contributed by atoms with Gasteiger partial charge >= 0.3 is 0 Å². The van der Waals surface area contributed by atoms with Crippen molar-refractivity contribution in [1.29, 1.82) is 0 Å². The van der Waals surface area contributed by atoms with Crippen LogP contribution in [-0.2, 0) is 0 Å². The predicted octanol–water partition coefficient (Wildman–Crippen LogP) is 0.841. The van der Waals surface area contributed by atoms with Crippen molar-refractivity contribution in [2.75, 3.05) is 12.5 Å². The molecule has 0 amide bonds. The van der Waals surface area contributed by atoms with Crippen molar-refractivity contribution in [2.45, 2.75) is 13.1 Å². The minimum Gasteiger partial charge on any atom is -0.309 e. The van der Waals surface area contributed by atoms with Crippen LogP contribution in [0.15, 0.2) is 0 Å². The molecule has 0 atom stereocenters. The van der Waals surface area contributed by atoms with Gasteiger partial charge in [-0.05, 0) is 12.5 Å². The smallest absolute Gasteiger partial charge is 0.172 e. The van der Waals surface area contributed by atoms with E-state index in [1.165, 1.54) is 0 Å². The van der Waals surface area contributed by atoms with Gasteiger partial charge in [-0.25, -0.2) is 11.1 Å². The predicted molar refractivity (Wildman–Crippen MR) is 59.0 cm³/mol. The molecule has 0 rings (SSSR count). The molecule has 0 radical (unpaired) electrons. The van der Waals surface area contributed by atoms with E-state index in [9.17, 15) is 0 Å². The van der Waals surface area contributed by atoms with Crippen LogP contribution >= 0.6 is 26.4 Å². The van der Waals surface area contributed by atoms with E-state index in [1.54, 1.807) is 0 Å². The molecule has 0 unspecified atom stereocenters. The fraction of sp³-hybridized carbons (Fsp3) is 1.00. The Morgan fingerprint density at radius 2 is 1.89 bits per heavy atom. The van der Waals surface area contributed by atoms with Gasteiger partial charge < -0.3 is 3.64 Å². The molecule has 0 saturated heterocycles. The molecule has 0 aromatic rings. The zero-order valence-corrected chi connectivity index (χ0v) is 11.6. The SMILES string of the molecule is C[SiH](C)N([SiH2]Br)[SH](C)C. The summed E-state index contributed by atoms with van der Waals surface area (Å²) in [6.07, 6.45) is 4.69. The summed E-state index contributed by atoms with van der Waals surface area (Å²) in [6, 6.07) is 0. The van der Waals surface area contributed by atoms with Crippen LogP contribution in [0.1, 0.15) is 0 Å². The Morgan fingerprint density at radius 1 is 1.44 bits per heavy atom. The van der Waals surface area contributed by atoms with Crippen molar-refractivity contribution < 1.29 is 0 Å². The van der Waals surface area contributed by atoms with Crippen LogP contribution in [0.3, 0.4) is 0 Å². The van der Waals surface area contributed by atoms with Crippen LogP contribution < -0.4 is 0 Å². The molecule has 0 aliphatic heterocycles. The zero-order valence-electron chi connectivity index (χ0n) is 6.56. The number of hydrogen-bond acceptors (Lipinski definition) is 1. The zero-order chi connectivity index (χ0) is 7.44. The van der Waals surface area contributed by atoms with E-state index in [0.29, 0.717) is 0 Å². The lowest BCUT2D eigenvalue weighted by atomic mass is 11.9. The van der Waals surface area contributed by atoms with E-state index >= 15 is 0 Å². The largest absolute Gasteiger partial charge is 0.309 e. The first-order chi connectivity index (χ1) is 4.09. The van der Waals surface area contributed by atoms with E-state index in [0.717, 1.165) is 0 Å². The Morgan fingerprint density at radius 3 is 1.89 bits per heavy atom. The maximum Gasteiger partial charge on any atom is 0.172 e. The first-order valence-electron chi connectivity index (χ1n) is 3.09. The van der Waals surface area contributed by atoms with E-state index in [-0.39, 0.29) is 19.4 Å². The Balaban J connectivity index is 3.68. The summed E-state index contributed by atoms with van der Waals surface area (Å²) in [5.74, 6) is 0. The third-order valence-electron chi connectivity index (χ3n) is 1.23. The molecule has 0 heterocycles. The molecule has 1 nitrogen and oxygen atoms in total. The van der Waals surface area contributed by atoms with E-state index in [1.807, 2.05) is 0 Å². The van der Waals surface area contributed by atoms with Crippen molar-refractivity contribution in [1.82, 2.24) is 3.64 Å². The molecule has 0 fully saturated rings. The van der Waals surface area contributed by atoms with Crippen molar-refractivity contribution in [3.8, 4) is 0 Å². The molecule has 58 valence electrons. The lowest BCUT2D eigenvalue weighted by Crippen LogP contribution is -2.31. The van der Waals surface area contributed by atoms with Gasteiger partial charge in [0, 0.05) is 0 Å². The molecule has 0 N–H and O–H groups in total. The summed E-state index contributed by atoms with van der Waals surface area (Å²) in [5.41, 5.74) is 0. The van der Waals surface area contributed by atoms with Crippen LogP contribution in [0.2, 0.25) is 13.1 Å². The molecule has 0 bridgehead atoms. The Hall–Kier alpha value is 1.22. The monoisotopic (exact) mass is 245 g/mol. The van der Waals surface area contributed by atoms with Crippen molar-refractivity contribution in [3.05, 3.63) is 0 Å². The second-order valence-electron chi connectivity index (χ2n) is 2.50. The average Bonchev–Trinajstić information content (AvgIpc) is 1.64. The Labute approximate surface area is 72.8 Å². The summed E-state index contributed by atoms with van der Waals surface area (Å²) in [7, 11) is -0.497. The number of rotatable bonds is 3. The van der Waals surface area contributed by atoms with Crippen LogP contribution in [0.5, 0.6) is 0 Å². The molecule has 0 aromatic carbocycles. The number of halogens is 1. The lowest BCUT2D eigenvalue weighted by Gasteiger charge is -2.30. The minimum atomic E-state index is -0.466. The highest BCUT2D eigenvalue weighted by Gasteiger charge is 2.09. The van der Waals surface area contributed by atoms with Gasteiger partial charge in [0.15, 0.2) is 8.30 Å². The summed E-state index contributed by atoms with van der Waals surface area (Å²) in [6.45, 7) is 4.80. The number of nitrogens with zero attached hydrogens (tertiary/aromatic N) is 1. The molecule has 0 aromatic heterocycles. The maximum atomic E-state index is 3.63. The van der Waals surface area contributed by atoms with Crippen LogP contribution in [0.25, 0.3) is 0 Å². The van der Waals surface area contributed by atoms with Gasteiger partial charge in [-0.3, -0.25) is 0 Å². The summed E-state index contributed by atoms with van der Waals surface area (Å²) >= 11 is 3.84. The topological polar surface area (TPSA) is 3.24 Å². The molecule has 0 aliphatic carbocycles. The van der Waals surface area contributed by atoms with Crippen LogP contribution in [0.4, 0.5) is 0 Å². The van der Waals surface area contributed by atoms with E-state index in [2.05, 4.69) is 44.5 Å². The van der Waals surface area contributed by atoms with E-state index in [4.69, 9.17) is 0 Å². The average molecular weight is 246 g/mol. The summed E-state index contributed by atoms with van der Waals surface area (Å²) in [5, 5.41) is 0. The first-order valence-corrected chi connectivity index (χ1v) is 12.6. The summed E-state index contributed by atoms with van der Waals surface area (Å²) in [4.78, 5) is 0. The lowest BCUT2D eigenvalue weighted by molar-refractivity contribution is 1.13. The van der Waals surface area contributed by atoms with Crippen LogP contribution in [-0.4, -0.2) is 33.4 Å². The van der Waals surface area contributed by atoms with Crippen molar-refractivity contribution >= 4 is 43.6 Å². The van der Waals surface area contributed by atoms with Gasteiger partial charge in [0.1, 0.15) is 8.96 Å². The van der Waals surface area contributed by atoms with Gasteiger partial charge in [0.2, 0.25) is 0 Å². The molecule has 0 spiro atoms. The molecular formula is C4H16BrNSSi2. The quantitative estimate of drug-likeness (QED) is 0.439. The molecule has 5 heteroatoms. The molecular weight excluding hydrogens is 230 g/mol. The third kappa shape index (κ3) is 3.82. The third-order valence-corrected chi connectivity index (χ3v) is 15.7.